The zero-order chi connectivity index (χ0) is 30.4. The second kappa shape index (κ2) is 14.0. The maximum atomic E-state index is 13.9. The number of carbonyl (C=O) groups excluding carboxylic acids is 3. The van der Waals surface area contributed by atoms with Gasteiger partial charge in [0.1, 0.15) is 11.6 Å². The Morgan fingerprint density at radius 3 is 2.19 bits per heavy atom. The van der Waals surface area contributed by atoms with Crippen molar-refractivity contribution in [2.45, 2.75) is 95.4 Å². The fraction of sp³-hybridized carbons (Fsp3) is 0.571. The van der Waals surface area contributed by atoms with Gasteiger partial charge < -0.3 is 20.6 Å². The predicted octanol–water partition coefficient (Wildman–Crippen LogP) is 4.04. The van der Waals surface area contributed by atoms with Crippen LogP contribution in [-0.2, 0) is 22.6 Å². The molecule has 3 N–H and O–H groups in total. The molecule has 1 aliphatic carbocycles. The maximum absolute atomic E-state index is 13.9. The van der Waals surface area contributed by atoms with Crippen LogP contribution in [-0.4, -0.2) is 77.0 Å². The van der Waals surface area contributed by atoms with Crippen LogP contribution in [0.1, 0.15) is 91.8 Å². The average molecular weight is 589 g/mol. The standard InChI is InChI=1S/C35H48N4O4/c1-3-4-20-39-33(42)30(31(40)28-8-6-5-7-9-28)37-34(43)35(39)18-21-38(22-19-35)24-27-12-10-25(11-13-27)23-26-14-16-29(17-15-26)32(41)36-2/h10-17,28,30-31,40H,3-9,18-24H2,1-2H3,(H,36,41)(H,37,43)/t30-,31-/m1/s1. The summed E-state index contributed by atoms with van der Waals surface area (Å²) in [5.74, 6) is -0.191. The van der Waals surface area contributed by atoms with Crippen molar-refractivity contribution in [3.05, 3.63) is 70.8 Å². The molecule has 1 spiro atoms. The largest absolute Gasteiger partial charge is 0.390 e. The molecule has 2 aliphatic heterocycles. The van der Waals surface area contributed by atoms with Crippen molar-refractivity contribution in [3.63, 3.8) is 0 Å². The SMILES string of the molecule is CCCCN1C(=O)[C@@H]([C@H](O)C2CCCCC2)NC(=O)C12CCN(Cc1ccc(Cc3ccc(C(=O)NC)cc3)cc1)CC2. The highest BCUT2D eigenvalue weighted by Gasteiger charge is 2.55. The van der Waals surface area contributed by atoms with Crippen LogP contribution >= 0.6 is 0 Å². The van der Waals surface area contributed by atoms with Crippen molar-refractivity contribution in [3.8, 4) is 0 Å². The van der Waals surface area contributed by atoms with Crippen LogP contribution in [0, 0.1) is 5.92 Å². The molecule has 43 heavy (non-hydrogen) atoms. The Bertz CT molecular complexity index is 1250. The van der Waals surface area contributed by atoms with Crippen molar-refractivity contribution < 1.29 is 19.5 Å². The zero-order valence-electron chi connectivity index (χ0n) is 25.8. The van der Waals surface area contributed by atoms with Crippen LogP contribution in [0.5, 0.6) is 0 Å². The summed E-state index contributed by atoms with van der Waals surface area (Å²) in [5, 5.41) is 16.8. The number of hydrogen-bond acceptors (Lipinski definition) is 5. The van der Waals surface area contributed by atoms with Crippen molar-refractivity contribution in [1.29, 1.82) is 0 Å². The molecule has 8 heteroatoms. The van der Waals surface area contributed by atoms with E-state index in [2.05, 4.69) is 46.7 Å². The highest BCUT2D eigenvalue weighted by molar-refractivity contribution is 6.00. The third-order valence-corrected chi connectivity index (χ3v) is 9.93. The van der Waals surface area contributed by atoms with Crippen molar-refractivity contribution >= 4 is 17.7 Å². The molecule has 5 rings (SSSR count). The number of carbonyl (C=O) groups is 3. The van der Waals surface area contributed by atoms with Gasteiger partial charge in [-0.1, -0.05) is 69.0 Å². The number of nitrogens with zero attached hydrogens (tertiary/aromatic N) is 2. The monoisotopic (exact) mass is 588 g/mol. The molecule has 1 saturated carbocycles. The summed E-state index contributed by atoms with van der Waals surface area (Å²) in [4.78, 5) is 43.6. The van der Waals surface area contributed by atoms with Gasteiger partial charge in [0.05, 0.1) is 6.10 Å². The molecular formula is C35H48N4O4. The first-order chi connectivity index (χ1) is 20.8. The quantitative estimate of drug-likeness (QED) is 0.389. The van der Waals surface area contributed by atoms with E-state index in [4.69, 9.17) is 0 Å². The highest BCUT2D eigenvalue weighted by atomic mass is 16.3. The summed E-state index contributed by atoms with van der Waals surface area (Å²) in [6, 6.07) is 15.5. The van der Waals surface area contributed by atoms with E-state index >= 15 is 0 Å². The normalized spacial score (nSPS) is 21.9. The van der Waals surface area contributed by atoms with E-state index in [1.807, 2.05) is 29.2 Å². The van der Waals surface area contributed by atoms with Crippen LogP contribution < -0.4 is 10.6 Å². The number of aliphatic hydroxyl groups is 1. The number of aliphatic hydroxyl groups excluding tert-OH is 1. The van der Waals surface area contributed by atoms with Crippen molar-refractivity contribution in [2.75, 3.05) is 26.7 Å². The smallest absolute Gasteiger partial charge is 0.251 e. The van der Waals surface area contributed by atoms with Gasteiger partial charge in [-0.05, 0) is 73.3 Å². The average Bonchev–Trinajstić information content (AvgIpc) is 3.04. The van der Waals surface area contributed by atoms with E-state index in [9.17, 15) is 19.5 Å². The second-order valence-corrected chi connectivity index (χ2v) is 12.8. The molecule has 0 bridgehead atoms. The lowest BCUT2D eigenvalue weighted by atomic mass is 9.78. The minimum absolute atomic E-state index is 0.0767. The third-order valence-electron chi connectivity index (χ3n) is 9.93. The predicted molar refractivity (Wildman–Crippen MR) is 167 cm³/mol. The van der Waals surface area contributed by atoms with E-state index in [1.165, 1.54) is 17.5 Å². The lowest BCUT2D eigenvalue weighted by Crippen LogP contribution is -2.75. The lowest BCUT2D eigenvalue weighted by molar-refractivity contribution is -0.166. The van der Waals surface area contributed by atoms with Gasteiger partial charge in [0.25, 0.3) is 5.91 Å². The van der Waals surface area contributed by atoms with E-state index in [1.54, 1.807) is 7.05 Å². The van der Waals surface area contributed by atoms with Crippen LogP contribution in [0.15, 0.2) is 48.5 Å². The Balaban J connectivity index is 1.19. The van der Waals surface area contributed by atoms with Crippen LogP contribution in [0.3, 0.4) is 0 Å². The minimum atomic E-state index is -0.831. The number of benzene rings is 2. The lowest BCUT2D eigenvalue weighted by Gasteiger charge is -2.52. The zero-order valence-corrected chi connectivity index (χ0v) is 25.8. The van der Waals surface area contributed by atoms with E-state index in [0.717, 1.165) is 70.1 Å². The Kier molecular flexibility index (Phi) is 10.2. The minimum Gasteiger partial charge on any atom is -0.390 e. The summed E-state index contributed by atoms with van der Waals surface area (Å²) in [7, 11) is 1.63. The van der Waals surface area contributed by atoms with Gasteiger partial charge in [-0.2, -0.15) is 0 Å². The van der Waals surface area contributed by atoms with Gasteiger partial charge in [0.2, 0.25) is 11.8 Å². The van der Waals surface area contributed by atoms with Gasteiger partial charge in [-0.15, -0.1) is 0 Å². The summed E-state index contributed by atoms with van der Waals surface area (Å²) in [6.45, 7) is 4.93. The fourth-order valence-corrected chi connectivity index (χ4v) is 7.21. The first-order valence-electron chi connectivity index (χ1n) is 16.3. The van der Waals surface area contributed by atoms with E-state index in [-0.39, 0.29) is 23.6 Å². The fourth-order valence-electron chi connectivity index (χ4n) is 7.21. The Morgan fingerprint density at radius 2 is 1.58 bits per heavy atom. The molecule has 2 aromatic carbocycles. The number of nitrogens with one attached hydrogen (secondary N) is 2. The van der Waals surface area contributed by atoms with Crippen LogP contribution in [0.4, 0.5) is 0 Å². The number of rotatable bonds is 10. The number of piperazine rings is 1. The van der Waals surface area contributed by atoms with Crippen LogP contribution in [0.25, 0.3) is 0 Å². The van der Waals surface area contributed by atoms with Crippen molar-refractivity contribution in [2.24, 2.45) is 5.92 Å². The molecule has 2 atom stereocenters. The number of likely N-dealkylation sites (tertiary alicyclic amines) is 1. The van der Waals surface area contributed by atoms with Gasteiger partial charge in [0, 0.05) is 38.8 Å². The molecular weight excluding hydrogens is 540 g/mol. The first-order valence-corrected chi connectivity index (χ1v) is 16.3. The van der Waals surface area contributed by atoms with Crippen LogP contribution in [0.2, 0.25) is 0 Å². The Hall–Kier alpha value is -3.23. The van der Waals surface area contributed by atoms with Crippen molar-refractivity contribution in [1.82, 2.24) is 20.4 Å². The first kappa shape index (κ1) is 31.2. The van der Waals surface area contributed by atoms with Gasteiger partial charge in [0.15, 0.2) is 0 Å². The summed E-state index contributed by atoms with van der Waals surface area (Å²) >= 11 is 0. The molecule has 3 aliphatic rings. The number of amides is 3. The van der Waals surface area contributed by atoms with E-state index in [0.29, 0.717) is 24.9 Å². The molecule has 0 radical (unpaired) electrons. The van der Waals surface area contributed by atoms with Gasteiger partial charge in [-0.25, -0.2) is 0 Å². The summed E-state index contributed by atoms with van der Waals surface area (Å²) in [5.41, 5.74) is 3.41. The Morgan fingerprint density at radius 1 is 0.977 bits per heavy atom. The highest BCUT2D eigenvalue weighted by Crippen LogP contribution is 2.36. The van der Waals surface area contributed by atoms with Gasteiger partial charge >= 0.3 is 0 Å². The molecule has 3 amide bonds. The molecule has 0 aromatic heterocycles. The molecule has 2 saturated heterocycles. The number of piperidine rings is 1. The topological polar surface area (TPSA) is 102 Å². The second-order valence-electron chi connectivity index (χ2n) is 12.8. The molecule has 2 aromatic rings. The number of hydrogen-bond donors (Lipinski definition) is 3. The number of unbranched alkanes of at least 4 members (excludes halogenated alkanes) is 1. The molecule has 8 nitrogen and oxygen atoms in total. The van der Waals surface area contributed by atoms with Gasteiger partial charge in [-0.3, -0.25) is 19.3 Å². The molecule has 0 unspecified atom stereocenters. The third kappa shape index (κ3) is 6.96. The molecule has 3 fully saturated rings. The molecule has 2 heterocycles. The maximum Gasteiger partial charge on any atom is 0.251 e. The summed E-state index contributed by atoms with van der Waals surface area (Å²) in [6.07, 6.45) is 8.15. The Labute approximate surface area is 256 Å². The molecule has 232 valence electrons. The van der Waals surface area contributed by atoms with E-state index < -0.39 is 17.7 Å². The summed E-state index contributed by atoms with van der Waals surface area (Å²) < 4.78 is 0.